The molecular weight excluding hydrogens is 845 g/mol. The van der Waals surface area contributed by atoms with Gasteiger partial charge in [-0.15, -0.1) is 0 Å². The molecule has 12 heteroatoms. The van der Waals surface area contributed by atoms with Crippen molar-refractivity contribution in [1.29, 1.82) is 0 Å². The van der Waals surface area contributed by atoms with Gasteiger partial charge in [0.05, 0.1) is 30.0 Å². The molecule has 2 unspecified atom stereocenters. The van der Waals surface area contributed by atoms with Crippen LogP contribution in [0.2, 0.25) is 54.4 Å². The van der Waals surface area contributed by atoms with Gasteiger partial charge in [-0.3, -0.25) is 0 Å². The van der Waals surface area contributed by atoms with Gasteiger partial charge in [-0.1, -0.05) is 129 Å². The molecule has 0 aliphatic carbocycles. The first-order valence-corrected chi connectivity index (χ1v) is 31.3. The molecule has 2 aliphatic rings. The molecular formula is C46H81BrO8Si3. The zero-order valence-electron chi connectivity index (χ0n) is 39.1. The van der Waals surface area contributed by atoms with Gasteiger partial charge < -0.3 is 32.6 Å². The molecule has 332 valence electrons. The number of benzene rings is 1. The van der Waals surface area contributed by atoms with Crippen molar-refractivity contribution >= 4 is 46.9 Å². The molecule has 2 aliphatic heterocycles. The zero-order valence-corrected chi connectivity index (χ0v) is 43.7. The van der Waals surface area contributed by atoms with Crippen LogP contribution in [0.15, 0.2) is 53.5 Å². The standard InChI is InChI=1S/C46H81BrO8Si3/c1-18-22-35-28-30-37-39(50-35)41(54-57(14,15)45(6,7)8)42(55-58(16,17)46(9,10)11)40(52-37)38(53-56(12,13)44(3,4)5)29-26-34(48)25-27-36(31-32(2)47)51-43(49)33-23-20-19-21-24-33/h19-21,23-24,26,29,34-42,48H,2,18,22,25,27-28,30-31H2,1,3-17H3/b29-26+/t34?,35-,36+,37-,38-,39-,40?,41-,42+/m0/s1. The van der Waals surface area contributed by atoms with Crippen molar-refractivity contribution in [2.24, 2.45) is 0 Å². The van der Waals surface area contributed by atoms with E-state index in [2.05, 4.69) is 131 Å². The van der Waals surface area contributed by atoms with E-state index in [0.29, 0.717) is 24.8 Å². The Morgan fingerprint density at radius 3 is 1.91 bits per heavy atom. The van der Waals surface area contributed by atoms with E-state index in [9.17, 15) is 9.90 Å². The number of esters is 1. The largest absolute Gasteiger partial charge is 0.458 e. The highest BCUT2D eigenvalue weighted by Crippen LogP contribution is 2.47. The van der Waals surface area contributed by atoms with E-state index in [1.54, 1.807) is 12.1 Å². The van der Waals surface area contributed by atoms with Crippen LogP contribution in [0, 0.1) is 0 Å². The molecule has 0 spiro atoms. The summed E-state index contributed by atoms with van der Waals surface area (Å²) in [6, 6.07) is 8.98. The van der Waals surface area contributed by atoms with E-state index < -0.39 is 61.4 Å². The number of rotatable bonds is 18. The van der Waals surface area contributed by atoms with E-state index in [1.165, 1.54) is 0 Å². The van der Waals surface area contributed by atoms with E-state index in [1.807, 2.05) is 30.4 Å². The fourth-order valence-corrected chi connectivity index (χ4v) is 11.0. The highest BCUT2D eigenvalue weighted by Gasteiger charge is 2.57. The summed E-state index contributed by atoms with van der Waals surface area (Å²) in [4.78, 5) is 13.0. The maximum Gasteiger partial charge on any atom is 0.338 e. The monoisotopic (exact) mass is 924 g/mol. The van der Waals surface area contributed by atoms with Crippen molar-refractivity contribution in [2.75, 3.05) is 0 Å². The van der Waals surface area contributed by atoms with Crippen LogP contribution in [0.3, 0.4) is 0 Å². The molecule has 2 fully saturated rings. The number of hydrogen-bond acceptors (Lipinski definition) is 8. The smallest absolute Gasteiger partial charge is 0.338 e. The van der Waals surface area contributed by atoms with Crippen molar-refractivity contribution in [3.8, 4) is 0 Å². The van der Waals surface area contributed by atoms with Gasteiger partial charge in [-0.2, -0.15) is 0 Å². The number of ether oxygens (including phenoxy) is 3. The molecule has 8 nitrogen and oxygen atoms in total. The molecule has 1 aromatic carbocycles. The molecule has 0 amide bonds. The Bertz CT molecular complexity index is 1500. The molecule has 2 saturated heterocycles. The number of aliphatic hydroxyl groups excluding tert-OH is 1. The first-order valence-electron chi connectivity index (χ1n) is 21.8. The summed E-state index contributed by atoms with van der Waals surface area (Å²) in [5, 5.41) is 11.4. The second-order valence-electron chi connectivity index (χ2n) is 21.4. The molecule has 0 bridgehead atoms. The van der Waals surface area contributed by atoms with Crippen molar-refractivity contribution in [3.05, 3.63) is 59.1 Å². The summed E-state index contributed by atoms with van der Waals surface area (Å²) in [7, 11) is -7.18. The maximum atomic E-state index is 13.0. The van der Waals surface area contributed by atoms with Gasteiger partial charge >= 0.3 is 5.97 Å². The quantitative estimate of drug-likeness (QED) is 0.0884. The summed E-state index contributed by atoms with van der Waals surface area (Å²) < 4.78 is 43.4. The summed E-state index contributed by atoms with van der Waals surface area (Å²) in [6.07, 6.45) is 5.51. The van der Waals surface area contributed by atoms with E-state index in [-0.39, 0.29) is 39.5 Å². The van der Waals surface area contributed by atoms with Crippen LogP contribution in [0.25, 0.3) is 0 Å². The van der Waals surface area contributed by atoms with Crippen LogP contribution in [-0.2, 0) is 27.5 Å². The number of hydrogen-bond donors (Lipinski definition) is 1. The summed E-state index contributed by atoms with van der Waals surface area (Å²) >= 11 is 3.46. The number of fused-ring (bicyclic) bond motifs is 1. The van der Waals surface area contributed by atoms with Gasteiger partial charge in [-0.05, 0) is 103 Å². The zero-order chi connectivity index (χ0) is 44.1. The minimum absolute atomic E-state index is 0.0369. The summed E-state index contributed by atoms with van der Waals surface area (Å²) in [5.74, 6) is -0.394. The molecule has 3 rings (SSSR count). The Hall–Kier alpha value is -0.939. The van der Waals surface area contributed by atoms with Gasteiger partial charge in [0.1, 0.15) is 30.5 Å². The SMILES string of the molecule is C=C(Br)C[C@@H](CCC(O)/C=C/[C@H](O[Si](C)(C)C(C)(C)C)C1O[C@H]2CC[C@H](CCC)O[C@@H]2[C@H](O[Si](C)(C)C(C)(C)C)[C@@H]1O[Si](C)(C)C(C)(C)C)OC(=O)c1ccccc1. The normalized spacial score (nSPS) is 25.6. The first-order chi connectivity index (χ1) is 26.5. The van der Waals surface area contributed by atoms with Gasteiger partial charge in [0.25, 0.3) is 0 Å². The average Bonchev–Trinajstić information content (AvgIpc) is 3.08. The Morgan fingerprint density at radius 1 is 0.845 bits per heavy atom. The highest BCUT2D eigenvalue weighted by atomic mass is 79.9. The lowest BCUT2D eigenvalue weighted by molar-refractivity contribution is -0.267. The Kier molecular flexibility index (Phi) is 18.2. The lowest BCUT2D eigenvalue weighted by Crippen LogP contribution is -2.69. The molecule has 9 atom stereocenters. The van der Waals surface area contributed by atoms with Crippen LogP contribution in [0.1, 0.15) is 125 Å². The van der Waals surface area contributed by atoms with Crippen molar-refractivity contribution in [3.63, 3.8) is 0 Å². The number of carbonyl (C=O) groups excluding carboxylic acids is 1. The van der Waals surface area contributed by atoms with Gasteiger partial charge in [0.15, 0.2) is 25.0 Å². The third kappa shape index (κ3) is 14.0. The Morgan fingerprint density at radius 2 is 1.40 bits per heavy atom. The van der Waals surface area contributed by atoms with Crippen molar-refractivity contribution in [1.82, 2.24) is 0 Å². The topological polar surface area (TPSA) is 92.7 Å². The second kappa shape index (κ2) is 20.5. The lowest BCUT2D eigenvalue weighted by Gasteiger charge is -2.56. The number of aliphatic hydroxyl groups is 1. The molecule has 1 aromatic rings. The van der Waals surface area contributed by atoms with Crippen LogP contribution in [0.5, 0.6) is 0 Å². The van der Waals surface area contributed by atoms with E-state index in [4.69, 9.17) is 27.5 Å². The number of halogens is 1. The van der Waals surface area contributed by atoms with Crippen molar-refractivity contribution < 1.29 is 37.4 Å². The molecule has 0 radical (unpaired) electrons. The van der Waals surface area contributed by atoms with Crippen LogP contribution >= 0.6 is 15.9 Å². The number of carbonyl (C=O) groups is 1. The Balaban J connectivity index is 2.10. The molecule has 0 saturated carbocycles. The van der Waals surface area contributed by atoms with E-state index in [0.717, 1.165) is 30.2 Å². The van der Waals surface area contributed by atoms with Gasteiger partial charge in [-0.25, -0.2) is 4.79 Å². The highest BCUT2D eigenvalue weighted by molar-refractivity contribution is 9.11. The van der Waals surface area contributed by atoms with E-state index >= 15 is 0 Å². The minimum Gasteiger partial charge on any atom is -0.458 e. The molecule has 1 N–H and O–H groups in total. The molecule has 2 heterocycles. The third-order valence-electron chi connectivity index (χ3n) is 13.5. The predicted octanol–water partition coefficient (Wildman–Crippen LogP) is 12.5. The van der Waals surface area contributed by atoms with Crippen molar-refractivity contribution in [2.45, 2.75) is 224 Å². The summed E-state index contributed by atoms with van der Waals surface area (Å²) in [6.45, 7) is 40.4. The first kappa shape index (κ1) is 51.4. The van der Waals surface area contributed by atoms with Crippen LogP contribution < -0.4 is 0 Å². The predicted molar refractivity (Wildman–Crippen MR) is 250 cm³/mol. The lowest BCUT2D eigenvalue weighted by atomic mass is 9.87. The van der Waals surface area contributed by atoms with Crippen LogP contribution in [-0.4, -0.2) is 91.0 Å². The molecule has 0 aromatic heterocycles. The second-order valence-corrected chi connectivity index (χ2v) is 36.8. The fraction of sp³-hybridized carbons (Fsp3) is 0.761. The Labute approximate surface area is 365 Å². The average molecular weight is 926 g/mol. The molecule has 58 heavy (non-hydrogen) atoms. The maximum absolute atomic E-state index is 13.0. The van der Waals surface area contributed by atoms with Gasteiger partial charge in [0.2, 0.25) is 0 Å². The summed E-state index contributed by atoms with van der Waals surface area (Å²) in [5.41, 5.74) is 0.489. The van der Waals surface area contributed by atoms with Gasteiger partial charge in [0, 0.05) is 6.42 Å². The fourth-order valence-electron chi connectivity index (χ4n) is 6.75. The van der Waals surface area contributed by atoms with Crippen LogP contribution in [0.4, 0.5) is 0 Å². The minimum atomic E-state index is -2.42. The third-order valence-corrected chi connectivity index (χ3v) is 27.2.